The fourth-order valence-corrected chi connectivity index (χ4v) is 12.0. The quantitative estimate of drug-likeness (QED) is 0.0710. The number of fused-ring (bicyclic) bond motifs is 6. The largest absolute Gasteiger partial charge is 0.0654 e. The molecule has 0 amide bonds. The number of rotatable bonds is 15. The molecule has 340 valence electrons. The van der Waals surface area contributed by atoms with E-state index in [2.05, 4.69) is 220 Å². The summed E-state index contributed by atoms with van der Waals surface area (Å²) in [6.45, 7) is 4.58. The van der Waals surface area contributed by atoms with Crippen LogP contribution in [-0.2, 0) is 12.8 Å². The lowest BCUT2D eigenvalue weighted by molar-refractivity contribution is 0.667. The van der Waals surface area contributed by atoms with E-state index < -0.39 is 0 Å². The summed E-state index contributed by atoms with van der Waals surface area (Å²) in [5.41, 5.74) is 20.9. The molecule has 0 fully saturated rings. The lowest BCUT2D eigenvalue weighted by Crippen LogP contribution is -1.93. The minimum absolute atomic E-state index is 1.13. The van der Waals surface area contributed by atoms with Gasteiger partial charge in [-0.05, 0) is 164 Å². The highest BCUT2D eigenvalue weighted by Crippen LogP contribution is 2.58. The molecular formula is C70H60. The Labute approximate surface area is 414 Å². The molecule has 0 unspecified atom stereocenters. The molecule has 0 radical (unpaired) electrons. The maximum Gasteiger partial charge on any atom is -0.000741 e. The summed E-state index contributed by atoms with van der Waals surface area (Å²) in [5.74, 6) is 0. The van der Waals surface area contributed by atoms with E-state index >= 15 is 0 Å². The molecule has 1 aliphatic carbocycles. The highest BCUT2D eigenvalue weighted by molar-refractivity contribution is 6.29. The molecule has 11 aromatic carbocycles. The zero-order valence-electron chi connectivity index (χ0n) is 40.7. The monoisotopic (exact) mass is 900 g/mol. The van der Waals surface area contributed by atoms with Gasteiger partial charge in [0.15, 0.2) is 0 Å². The zero-order chi connectivity index (χ0) is 47.0. The normalized spacial score (nSPS) is 11.9. The summed E-state index contributed by atoms with van der Waals surface area (Å²) in [6, 6.07) is 78.6. The number of unbranched alkanes of at least 4 members (excludes halogenated alkanes) is 6. The van der Waals surface area contributed by atoms with Gasteiger partial charge in [0, 0.05) is 0 Å². The van der Waals surface area contributed by atoms with Crippen LogP contribution in [0.5, 0.6) is 0 Å². The minimum atomic E-state index is 1.13. The van der Waals surface area contributed by atoms with Gasteiger partial charge >= 0.3 is 0 Å². The summed E-state index contributed by atoms with van der Waals surface area (Å²) in [5, 5.41) is 10.4. The Morgan fingerprint density at radius 1 is 0.243 bits per heavy atom. The van der Waals surface area contributed by atoms with Gasteiger partial charge in [-0.3, -0.25) is 0 Å². The third kappa shape index (κ3) is 7.71. The smallest absolute Gasteiger partial charge is 0.000741 e. The first kappa shape index (κ1) is 43.7. The highest BCUT2D eigenvalue weighted by Gasteiger charge is 2.31. The van der Waals surface area contributed by atoms with Crippen LogP contribution in [0.25, 0.3) is 121 Å². The lowest BCUT2D eigenvalue weighted by Gasteiger charge is -2.20. The maximum absolute atomic E-state index is 2.52. The van der Waals surface area contributed by atoms with E-state index in [1.54, 1.807) is 0 Å². The molecular weight excluding hydrogens is 841 g/mol. The molecule has 0 N–H and O–H groups in total. The minimum Gasteiger partial charge on any atom is -0.0654 e. The second-order valence-electron chi connectivity index (χ2n) is 19.7. The van der Waals surface area contributed by atoms with E-state index in [9.17, 15) is 0 Å². The van der Waals surface area contributed by atoms with E-state index in [1.165, 1.54) is 183 Å². The third-order valence-electron chi connectivity index (χ3n) is 15.4. The van der Waals surface area contributed by atoms with Gasteiger partial charge in [0.1, 0.15) is 0 Å². The topological polar surface area (TPSA) is 0 Å². The van der Waals surface area contributed by atoms with Crippen molar-refractivity contribution in [2.45, 2.75) is 78.1 Å². The van der Waals surface area contributed by atoms with Gasteiger partial charge in [0.25, 0.3) is 0 Å². The molecule has 11 aromatic rings. The predicted molar refractivity (Wildman–Crippen MR) is 304 cm³/mol. The van der Waals surface area contributed by atoms with E-state index in [0.717, 1.165) is 12.8 Å². The van der Waals surface area contributed by atoms with Gasteiger partial charge < -0.3 is 0 Å². The van der Waals surface area contributed by atoms with Gasteiger partial charge in [0.2, 0.25) is 0 Å². The van der Waals surface area contributed by atoms with Gasteiger partial charge in [-0.25, -0.2) is 0 Å². The molecule has 0 saturated carbocycles. The van der Waals surface area contributed by atoms with E-state index in [0.29, 0.717) is 0 Å². The second-order valence-corrected chi connectivity index (χ2v) is 19.7. The Balaban J connectivity index is 1.08. The van der Waals surface area contributed by atoms with Crippen molar-refractivity contribution >= 4 is 43.1 Å². The molecule has 0 bridgehead atoms. The molecule has 0 aliphatic heterocycles. The Morgan fingerprint density at radius 2 is 0.643 bits per heavy atom. The standard InChI is InChI=1S/C70H60/c1-3-5-7-11-22-47-34-38-51(39-35-47)64-56-28-17-18-29-57(56)65(52-40-36-48(37-41-52)23-12-8-6-4-2)63-46-53(42-43-60(63)64)54-44-45-62-68-55(54)32-21-33-61(68)69-66(49-24-13-9-14-25-49)58-30-19-20-31-59(58)67(70(62)69)50-26-15-10-16-27-50/h9-10,13-21,24-46H,3-8,11-12,22-23H2,1-2H3. The van der Waals surface area contributed by atoms with Crippen LogP contribution < -0.4 is 0 Å². The molecule has 0 atom stereocenters. The van der Waals surface area contributed by atoms with Gasteiger partial charge in [-0.1, -0.05) is 253 Å². The van der Waals surface area contributed by atoms with Crippen molar-refractivity contribution in [3.05, 3.63) is 217 Å². The molecule has 12 rings (SSSR count). The molecule has 0 heteroatoms. The number of hydrogen-bond acceptors (Lipinski definition) is 0. The van der Waals surface area contributed by atoms with Crippen molar-refractivity contribution < 1.29 is 0 Å². The molecule has 1 aliphatic rings. The van der Waals surface area contributed by atoms with Crippen molar-refractivity contribution in [2.75, 3.05) is 0 Å². The average Bonchev–Trinajstić information content (AvgIpc) is 3.75. The Morgan fingerprint density at radius 3 is 1.16 bits per heavy atom. The third-order valence-corrected chi connectivity index (χ3v) is 15.4. The van der Waals surface area contributed by atoms with Crippen molar-refractivity contribution in [3.8, 4) is 77.9 Å². The summed E-state index contributed by atoms with van der Waals surface area (Å²) < 4.78 is 0. The van der Waals surface area contributed by atoms with Gasteiger partial charge in [0.05, 0.1) is 0 Å². The Bertz CT molecular complexity index is 3600. The number of benzene rings is 11. The fourth-order valence-electron chi connectivity index (χ4n) is 12.0. The molecule has 0 heterocycles. The van der Waals surface area contributed by atoms with Crippen molar-refractivity contribution in [1.29, 1.82) is 0 Å². The SMILES string of the molecule is CCCCCCc1ccc(-c2c3ccccc3c(-c3ccc(CCCCCC)cc3)c3cc(-c4ccc5c6c(cccc46)-c4c-5c(-c5ccccc5)c5ccccc5c4-c4ccccc4)ccc23)cc1. The second kappa shape index (κ2) is 19.1. The first-order valence-corrected chi connectivity index (χ1v) is 26.1. The molecule has 0 nitrogen and oxygen atoms in total. The van der Waals surface area contributed by atoms with Crippen molar-refractivity contribution in [2.24, 2.45) is 0 Å². The fraction of sp³-hybridized carbons (Fsp3) is 0.171. The Kier molecular flexibility index (Phi) is 11.9. The molecule has 0 saturated heterocycles. The van der Waals surface area contributed by atoms with Crippen LogP contribution in [0.2, 0.25) is 0 Å². The zero-order valence-corrected chi connectivity index (χ0v) is 40.7. The molecule has 70 heavy (non-hydrogen) atoms. The van der Waals surface area contributed by atoms with Crippen LogP contribution >= 0.6 is 0 Å². The molecule has 0 aromatic heterocycles. The lowest BCUT2D eigenvalue weighted by atomic mass is 9.82. The summed E-state index contributed by atoms with van der Waals surface area (Å²) in [4.78, 5) is 0. The van der Waals surface area contributed by atoms with E-state index in [4.69, 9.17) is 0 Å². The van der Waals surface area contributed by atoms with Crippen LogP contribution in [0, 0.1) is 0 Å². The first-order chi connectivity index (χ1) is 34.7. The van der Waals surface area contributed by atoms with Gasteiger partial charge in [-0.15, -0.1) is 0 Å². The summed E-state index contributed by atoms with van der Waals surface area (Å²) in [6.07, 6.45) is 12.5. The van der Waals surface area contributed by atoms with Crippen LogP contribution in [0.3, 0.4) is 0 Å². The first-order valence-electron chi connectivity index (χ1n) is 26.1. The van der Waals surface area contributed by atoms with Crippen LogP contribution in [0.4, 0.5) is 0 Å². The van der Waals surface area contributed by atoms with E-state index in [-0.39, 0.29) is 0 Å². The molecule has 0 spiro atoms. The summed E-state index contributed by atoms with van der Waals surface area (Å²) in [7, 11) is 0. The van der Waals surface area contributed by atoms with Crippen LogP contribution in [-0.4, -0.2) is 0 Å². The average molecular weight is 901 g/mol. The maximum atomic E-state index is 2.52. The Hall–Kier alpha value is -7.54. The van der Waals surface area contributed by atoms with Crippen LogP contribution in [0.15, 0.2) is 206 Å². The number of hydrogen-bond donors (Lipinski definition) is 0. The highest BCUT2D eigenvalue weighted by atomic mass is 14.3. The summed E-state index contributed by atoms with van der Waals surface area (Å²) >= 11 is 0. The van der Waals surface area contributed by atoms with Crippen molar-refractivity contribution in [3.63, 3.8) is 0 Å². The van der Waals surface area contributed by atoms with Gasteiger partial charge in [-0.2, -0.15) is 0 Å². The van der Waals surface area contributed by atoms with Crippen LogP contribution in [0.1, 0.15) is 76.3 Å². The van der Waals surface area contributed by atoms with E-state index in [1.807, 2.05) is 0 Å². The number of aryl methyl sites for hydroxylation is 2. The van der Waals surface area contributed by atoms with Crippen molar-refractivity contribution in [1.82, 2.24) is 0 Å². The predicted octanol–water partition coefficient (Wildman–Crippen LogP) is 20.5.